The van der Waals surface area contributed by atoms with Gasteiger partial charge < -0.3 is 4.74 Å². The van der Waals surface area contributed by atoms with E-state index in [1.165, 1.54) is 11.3 Å². The monoisotopic (exact) mass is 383 g/mol. The lowest BCUT2D eigenvalue weighted by molar-refractivity contribution is -0.141. The maximum absolute atomic E-state index is 12.0. The van der Waals surface area contributed by atoms with Crippen LogP contribution in [0.5, 0.6) is 0 Å². The van der Waals surface area contributed by atoms with Gasteiger partial charge in [0.15, 0.2) is 6.61 Å². The van der Waals surface area contributed by atoms with Crippen LogP contribution in [-0.4, -0.2) is 21.9 Å². The number of esters is 1. The zero-order valence-corrected chi connectivity index (χ0v) is 15.0. The quantitative estimate of drug-likeness (QED) is 0.600. The van der Waals surface area contributed by atoms with Crippen LogP contribution in [0.2, 0.25) is 5.02 Å². The molecule has 0 N–H and O–H groups in total. The summed E-state index contributed by atoms with van der Waals surface area (Å²) in [6, 6.07) is 0. The first-order valence-corrected chi connectivity index (χ1v) is 9.38. The summed E-state index contributed by atoms with van der Waals surface area (Å²) >= 11 is 8.60. The number of rotatable bonds is 4. The summed E-state index contributed by atoms with van der Waals surface area (Å²) in [6.07, 6.45) is 7.08. The van der Waals surface area contributed by atoms with E-state index in [1.807, 2.05) is 4.68 Å². The van der Waals surface area contributed by atoms with Crippen LogP contribution in [0.3, 0.4) is 0 Å². The molecular formula is C15H14ClN3O3S2. The third-order valence-electron chi connectivity index (χ3n) is 3.55. The van der Waals surface area contributed by atoms with E-state index in [0.717, 1.165) is 30.7 Å². The minimum atomic E-state index is -0.454. The standard InChI is InChI=1S/C15H14ClN3O3S2/c1-2-7-22-12(20)8-10-11(16)9-23-13(10)17-14-18-5-3-4-6-19(18)15(21)24-14/h1,9H,3-8H2. The van der Waals surface area contributed by atoms with Crippen molar-refractivity contribution >= 4 is 45.2 Å². The number of carbonyl (C=O) groups excluding carboxylic acids is 1. The summed E-state index contributed by atoms with van der Waals surface area (Å²) in [7, 11) is 0. The molecule has 0 aromatic carbocycles. The molecule has 1 aliphatic heterocycles. The van der Waals surface area contributed by atoms with Gasteiger partial charge >= 0.3 is 10.8 Å². The molecule has 0 spiro atoms. The Bertz CT molecular complexity index is 929. The van der Waals surface area contributed by atoms with Crippen molar-refractivity contribution in [3.63, 3.8) is 0 Å². The zero-order chi connectivity index (χ0) is 17.1. The van der Waals surface area contributed by atoms with Gasteiger partial charge in [-0.05, 0) is 24.2 Å². The van der Waals surface area contributed by atoms with E-state index in [0.29, 0.717) is 26.9 Å². The van der Waals surface area contributed by atoms with E-state index < -0.39 is 5.97 Å². The van der Waals surface area contributed by atoms with Gasteiger partial charge in [-0.15, -0.1) is 17.8 Å². The lowest BCUT2D eigenvalue weighted by Gasteiger charge is -2.15. The molecule has 24 heavy (non-hydrogen) atoms. The number of carbonyl (C=O) groups is 1. The molecule has 0 saturated carbocycles. The van der Waals surface area contributed by atoms with Crippen molar-refractivity contribution in [1.29, 1.82) is 0 Å². The summed E-state index contributed by atoms with van der Waals surface area (Å²) in [4.78, 5) is 29.0. The average Bonchev–Trinajstić information content (AvgIpc) is 3.08. The fourth-order valence-electron chi connectivity index (χ4n) is 2.43. The number of terminal acetylenes is 1. The Labute approximate surface area is 151 Å². The van der Waals surface area contributed by atoms with Crippen LogP contribution in [0.25, 0.3) is 0 Å². The van der Waals surface area contributed by atoms with Crippen LogP contribution < -0.4 is 9.67 Å². The first kappa shape index (κ1) is 17.0. The first-order chi connectivity index (χ1) is 11.6. The molecule has 0 bridgehead atoms. The predicted molar refractivity (Wildman–Crippen MR) is 93.9 cm³/mol. The lowest BCUT2D eigenvalue weighted by Crippen LogP contribution is -2.31. The Morgan fingerprint density at radius 1 is 1.42 bits per heavy atom. The minimum absolute atomic E-state index is 0.00153. The summed E-state index contributed by atoms with van der Waals surface area (Å²) in [5.74, 6) is 1.79. The molecule has 2 aromatic heterocycles. The van der Waals surface area contributed by atoms with Crippen molar-refractivity contribution in [2.45, 2.75) is 32.4 Å². The largest absolute Gasteiger partial charge is 0.452 e. The van der Waals surface area contributed by atoms with Crippen LogP contribution in [0.1, 0.15) is 18.4 Å². The highest BCUT2D eigenvalue weighted by Gasteiger charge is 2.17. The molecule has 3 heterocycles. The fraction of sp³-hybridized carbons (Fsp3) is 0.400. The van der Waals surface area contributed by atoms with Crippen LogP contribution in [-0.2, 0) is 29.0 Å². The molecule has 9 heteroatoms. The molecule has 2 aromatic rings. The van der Waals surface area contributed by atoms with Crippen molar-refractivity contribution in [3.8, 4) is 12.3 Å². The number of hydrogen-bond donors (Lipinski definition) is 0. The van der Waals surface area contributed by atoms with E-state index in [2.05, 4.69) is 10.9 Å². The second-order valence-corrected chi connectivity index (χ2v) is 7.31. The van der Waals surface area contributed by atoms with Gasteiger partial charge in [-0.1, -0.05) is 17.5 Å². The van der Waals surface area contributed by atoms with Crippen molar-refractivity contribution in [1.82, 2.24) is 9.36 Å². The van der Waals surface area contributed by atoms with E-state index in [9.17, 15) is 9.59 Å². The van der Waals surface area contributed by atoms with Gasteiger partial charge in [0.2, 0.25) is 4.80 Å². The highest BCUT2D eigenvalue weighted by molar-refractivity contribution is 7.14. The van der Waals surface area contributed by atoms with Crippen molar-refractivity contribution in [2.24, 2.45) is 4.99 Å². The number of hydrogen-bond acceptors (Lipinski definition) is 6. The molecule has 126 valence electrons. The predicted octanol–water partition coefficient (Wildman–Crippen LogP) is 2.17. The smallest absolute Gasteiger partial charge is 0.325 e. The summed E-state index contributed by atoms with van der Waals surface area (Å²) in [5.41, 5.74) is 0.597. The van der Waals surface area contributed by atoms with Crippen LogP contribution in [0.4, 0.5) is 5.00 Å². The van der Waals surface area contributed by atoms with Crippen molar-refractivity contribution in [3.05, 3.63) is 30.4 Å². The van der Waals surface area contributed by atoms with E-state index in [1.54, 1.807) is 10.1 Å². The molecule has 6 nitrogen and oxygen atoms in total. The molecule has 0 atom stereocenters. The SMILES string of the molecule is C#CCOC(=O)Cc1c(Cl)csc1N=c1sc(=O)n2n1CCCC2. The molecule has 0 fully saturated rings. The molecule has 1 aliphatic rings. The maximum atomic E-state index is 12.0. The average molecular weight is 384 g/mol. The number of halogens is 1. The number of fused-ring (bicyclic) bond motifs is 1. The van der Waals surface area contributed by atoms with E-state index in [-0.39, 0.29) is 17.9 Å². The molecule has 0 amide bonds. The number of thiophene rings is 1. The Kier molecular flexibility index (Phi) is 5.23. The Balaban J connectivity index is 1.96. The molecule has 0 unspecified atom stereocenters. The third kappa shape index (κ3) is 3.48. The highest BCUT2D eigenvalue weighted by Crippen LogP contribution is 2.34. The van der Waals surface area contributed by atoms with Gasteiger partial charge in [-0.2, -0.15) is 0 Å². The minimum Gasteiger partial charge on any atom is -0.452 e. The van der Waals surface area contributed by atoms with E-state index >= 15 is 0 Å². The summed E-state index contributed by atoms with van der Waals surface area (Å²) < 4.78 is 8.50. The Hall–Kier alpha value is -1.82. The van der Waals surface area contributed by atoms with Crippen LogP contribution >= 0.6 is 34.3 Å². The van der Waals surface area contributed by atoms with Crippen molar-refractivity contribution in [2.75, 3.05) is 6.61 Å². The van der Waals surface area contributed by atoms with Gasteiger partial charge in [0.1, 0.15) is 5.00 Å². The lowest BCUT2D eigenvalue weighted by atomic mass is 10.2. The van der Waals surface area contributed by atoms with Gasteiger partial charge in [0, 0.05) is 24.0 Å². The van der Waals surface area contributed by atoms with Crippen LogP contribution in [0.15, 0.2) is 15.2 Å². The highest BCUT2D eigenvalue weighted by atomic mass is 35.5. The van der Waals surface area contributed by atoms with E-state index in [4.69, 9.17) is 22.8 Å². The summed E-state index contributed by atoms with van der Waals surface area (Å²) in [5, 5.41) is 2.79. The normalized spacial score (nSPS) is 14.2. The number of ether oxygens (including phenoxy) is 1. The van der Waals surface area contributed by atoms with Crippen molar-refractivity contribution < 1.29 is 9.53 Å². The van der Waals surface area contributed by atoms with Gasteiger partial charge in [0.05, 0.1) is 11.4 Å². The molecule has 0 radical (unpaired) electrons. The second kappa shape index (κ2) is 7.38. The van der Waals surface area contributed by atoms with Gasteiger partial charge in [-0.3, -0.25) is 14.3 Å². The molecule has 3 rings (SSSR count). The second-order valence-electron chi connectivity index (χ2n) is 5.12. The zero-order valence-electron chi connectivity index (χ0n) is 12.7. The third-order valence-corrected chi connectivity index (χ3v) is 5.80. The molecule has 0 saturated heterocycles. The Morgan fingerprint density at radius 3 is 2.92 bits per heavy atom. The molecule has 0 aliphatic carbocycles. The fourth-order valence-corrected chi connectivity index (χ4v) is 4.54. The first-order valence-electron chi connectivity index (χ1n) is 7.30. The Morgan fingerprint density at radius 2 is 2.17 bits per heavy atom. The van der Waals surface area contributed by atoms with Gasteiger partial charge in [-0.25, -0.2) is 9.67 Å². The maximum Gasteiger partial charge on any atom is 0.325 e. The summed E-state index contributed by atoms with van der Waals surface area (Å²) in [6.45, 7) is 1.40. The topological polar surface area (TPSA) is 65.6 Å². The number of aromatic nitrogens is 2. The number of nitrogens with zero attached hydrogens (tertiary/aromatic N) is 3. The molecular weight excluding hydrogens is 370 g/mol. The van der Waals surface area contributed by atoms with Crippen LogP contribution in [0, 0.1) is 12.3 Å². The van der Waals surface area contributed by atoms with Gasteiger partial charge in [0.25, 0.3) is 0 Å².